The molecule has 2 amide bonds. The molecule has 0 aromatic carbocycles. The molecule has 0 fully saturated rings. The van der Waals surface area contributed by atoms with E-state index in [9.17, 15) is 14.0 Å². The first-order valence-electron chi connectivity index (χ1n) is 9.53. The Kier molecular flexibility index (Phi) is 6.05. The number of hydrogen-bond donors (Lipinski definition) is 0. The zero-order valence-electron chi connectivity index (χ0n) is 18.4. The smallest absolute Gasteiger partial charge is 0.427 e. The number of amides is 2. The molecule has 170 valence electrons. The molecule has 0 spiro atoms. The summed E-state index contributed by atoms with van der Waals surface area (Å²) in [5.41, 5.74) is -1.43. The molecular formula is C20H22ClFN6O4. The number of carbonyl (C=O) groups excluding carboxylic acids is 2. The monoisotopic (exact) mass is 464 g/mol. The molecule has 0 saturated carbocycles. The molecule has 0 aliphatic rings. The van der Waals surface area contributed by atoms with Gasteiger partial charge in [0.05, 0.1) is 24.3 Å². The van der Waals surface area contributed by atoms with E-state index in [4.69, 9.17) is 21.1 Å². The predicted octanol–water partition coefficient (Wildman–Crippen LogP) is 4.66. The molecule has 3 aromatic heterocycles. The molecular weight excluding hydrogens is 443 g/mol. The average Bonchev–Trinajstić information content (AvgIpc) is 2.99. The molecule has 32 heavy (non-hydrogen) atoms. The van der Waals surface area contributed by atoms with Crippen molar-refractivity contribution >= 4 is 35.4 Å². The fourth-order valence-electron chi connectivity index (χ4n) is 2.51. The quantitative estimate of drug-likeness (QED) is 0.538. The number of aromatic nitrogens is 5. The van der Waals surface area contributed by atoms with E-state index in [2.05, 4.69) is 20.1 Å². The number of hydrogen-bond acceptors (Lipinski definition) is 8. The number of halogens is 2. The lowest BCUT2D eigenvalue weighted by atomic mass is 10.2. The summed E-state index contributed by atoms with van der Waals surface area (Å²) in [7, 11) is 0. The van der Waals surface area contributed by atoms with E-state index in [0.29, 0.717) is 4.90 Å². The Labute approximate surface area is 188 Å². The fraction of sp³-hybridized carbons (Fsp3) is 0.400. The third kappa shape index (κ3) is 5.47. The Balaban J connectivity index is 2.08. The second kappa shape index (κ2) is 8.30. The summed E-state index contributed by atoms with van der Waals surface area (Å²) in [5.74, 6) is -1.03. The summed E-state index contributed by atoms with van der Waals surface area (Å²) in [6.07, 6.45) is 1.61. The van der Waals surface area contributed by atoms with E-state index in [0.717, 1.165) is 10.7 Å². The standard InChI is InChI=1S/C20H22ClFN6O4/c1-19(2,3)31-17(29)28(18(30)32-20(4,5)6)16-25-15-7-11(12(22)10-27(15)26-16)13-8-23-9-14(21)24-13/h7-10H,1-6H3. The van der Waals surface area contributed by atoms with Crippen molar-refractivity contribution < 1.29 is 23.5 Å². The molecule has 0 bridgehead atoms. The maximum absolute atomic E-state index is 14.7. The minimum atomic E-state index is -1.04. The zero-order valence-corrected chi connectivity index (χ0v) is 19.1. The Morgan fingerprint density at radius 3 is 2.16 bits per heavy atom. The number of ether oxygens (including phenoxy) is 2. The van der Waals surface area contributed by atoms with Gasteiger partial charge in [-0.2, -0.15) is 4.98 Å². The van der Waals surface area contributed by atoms with Gasteiger partial charge in [-0.15, -0.1) is 10.00 Å². The highest BCUT2D eigenvalue weighted by Gasteiger charge is 2.35. The topological polar surface area (TPSA) is 112 Å². The van der Waals surface area contributed by atoms with Crippen LogP contribution in [0.5, 0.6) is 0 Å². The van der Waals surface area contributed by atoms with Gasteiger partial charge in [0.1, 0.15) is 16.4 Å². The van der Waals surface area contributed by atoms with Gasteiger partial charge in [-0.25, -0.2) is 23.5 Å². The van der Waals surface area contributed by atoms with Gasteiger partial charge >= 0.3 is 12.2 Å². The Morgan fingerprint density at radius 2 is 1.62 bits per heavy atom. The van der Waals surface area contributed by atoms with Crippen molar-refractivity contribution in [2.45, 2.75) is 52.7 Å². The minimum Gasteiger partial charge on any atom is -0.443 e. The Hall–Kier alpha value is -3.34. The molecule has 10 nitrogen and oxygen atoms in total. The van der Waals surface area contributed by atoms with Crippen LogP contribution in [0.15, 0.2) is 24.7 Å². The van der Waals surface area contributed by atoms with Crippen LogP contribution in [-0.4, -0.2) is 48.0 Å². The fourth-order valence-corrected chi connectivity index (χ4v) is 2.66. The highest BCUT2D eigenvalue weighted by Crippen LogP contribution is 2.25. The van der Waals surface area contributed by atoms with Crippen LogP contribution in [0.1, 0.15) is 41.5 Å². The zero-order chi connectivity index (χ0) is 23.8. The van der Waals surface area contributed by atoms with Crippen LogP contribution >= 0.6 is 11.6 Å². The van der Waals surface area contributed by atoms with Crippen molar-refractivity contribution in [1.29, 1.82) is 0 Å². The third-order valence-corrected chi connectivity index (χ3v) is 3.83. The van der Waals surface area contributed by atoms with E-state index >= 15 is 0 Å². The second-order valence-electron chi connectivity index (χ2n) is 8.77. The molecule has 3 rings (SSSR count). The van der Waals surface area contributed by atoms with Crippen molar-refractivity contribution in [2.24, 2.45) is 0 Å². The van der Waals surface area contributed by atoms with Crippen molar-refractivity contribution in [3.05, 3.63) is 35.6 Å². The van der Waals surface area contributed by atoms with Crippen LogP contribution in [0.4, 0.5) is 19.9 Å². The number of rotatable bonds is 2. The van der Waals surface area contributed by atoms with Crippen molar-refractivity contribution in [1.82, 2.24) is 24.6 Å². The van der Waals surface area contributed by atoms with E-state index < -0.39 is 29.2 Å². The molecule has 12 heteroatoms. The highest BCUT2D eigenvalue weighted by molar-refractivity contribution is 6.29. The number of pyridine rings is 1. The van der Waals surface area contributed by atoms with E-state index in [-0.39, 0.29) is 28.0 Å². The van der Waals surface area contributed by atoms with Gasteiger partial charge in [-0.1, -0.05) is 11.6 Å². The molecule has 3 heterocycles. The third-order valence-electron chi connectivity index (χ3n) is 3.65. The minimum absolute atomic E-state index is 0.0625. The van der Waals surface area contributed by atoms with Crippen LogP contribution in [0, 0.1) is 5.82 Å². The lowest BCUT2D eigenvalue weighted by Gasteiger charge is -2.26. The maximum Gasteiger partial charge on any atom is 0.427 e. The van der Waals surface area contributed by atoms with E-state index in [1.807, 2.05) is 0 Å². The van der Waals surface area contributed by atoms with Crippen molar-refractivity contribution in [2.75, 3.05) is 4.90 Å². The van der Waals surface area contributed by atoms with Crippen LogP contribution in [0.3, 0.4) is 0 Å². The van der Waals surface area contributed by atoms with E-state index in [1.54, 1.807) is 41.5 Å². The van der Waals surface area contributed by atoms with Crippen LogP contribution in [-0.2, 0) is 9.47 Å². The number of carbonyl (C=O) groups is 2. The number of anilines is 1. The first-order chi connectivity index (χ1) is 14.7. The molecule has 0 radical (unpaired) electrons. The summed E-state index contributed by atoms with van der Waals surface area (Å²) in [5, 5.41) is 4.14. The molecule has 0 aliphatic heterocycles. The highest BCUT2D eigenvalue weighted by atomic mass is 35.5. The molecule has 0 atom stereocenters. The number of nitrogens with zero attached hydrogens (tertiary/aromatic N) is 6. The van der Waals surface area contributed by atoms with Gasteiger partial charge in [-0.05, 0) is 47.6 Å². The van der Waals surface area contributed by atoms with Gasteiger partial charge in [0, 0.05) is 5.56 Å². The lowest BCUT2D eigenvalue weighted by molar-refractivity contribution is 0.0427. The second-order valence-corrected chi connectivity index (χ2v) is 9.16. The number of imide groups is 1. The van der Waals surface area contributed by atoms with Crippen molar-refractivity contribution in [3.8, 4) is 11.3 Å². The largest absolute Gasteiger partial charge is 0.443 e. The average molecular weight is 465 g/mol. The SMILES string of the molecule is CC(C)(C)OC(=O)N(C(=O)OC(C)(C)C)c1nc2cc(-c3cncc(Cl)n3)c(F)cn2n1. The van der Waals surface area contributed by atoms with Gasteiger partial charge in [-0.3, -0.25) is 4.98 Å². The Bertz CT molecular complexity index is 1160. The van der Waals surface area contributed by atoms with Gasteiger partial charge in [0.15, 0.2) is 11.5 Å². The Morgan fingerprint density at radius 1 is 1.03 bits per heavy atom. The van der Waals surface area contributed by atoms with Crippen LogP contribution < -0.4 is 4.90 Å². The van der Waals surface area contributed by atoms with E-state index in [1.165, 1.54) is 18.5 Å². The van der Waals surface area contributed by atoms with Crippen molar-refractivity contribution in [3.63, 3.8) is 0 Å². The predicted molar refractivity (Wildman–Crippen MR) is 114 cm³/mol. The van der Waals surface area contributed by atoms with Gasteiger partial charge < -0.3 is 9.47 Å². The van der Waals surface area contributed by atoms with Gasteiger partial charge in [0.2, 0.25) is 0 Å². The summed E-state index contributed by atoms with van der Waals surface area (Å²) in [6, 6.07) is 1.34. The first kappa shape index (κ1) is 23.3. The summed E-state index contributed by atoms with van der Waals surface area (Å²) in [6.45, 7) is 9.85. The summed E-state index contributed by atoms with van der Waals surface area (Å²) in [4.78, 5) is 38.2. The molecule has 0 N–H and O–H groups in total. The lowest BCUT2D eigenvalue weighted by Crippen LogP contribution is -2.44. The molecule has 0 unspecified atom stereocenters. The maximum atomic E-state index is 14.7. The first-order valence-corrected chi connectivity index (χ1v) is 9.91. The molecule has 0 saturated heterocycles. The summed E-state index contributed by atoms with van der Waals surface area (Å²) >= 11 is 5.85. The number of fused-ring (bicyclic) bond motifs is 1. The normalized spacial score (nSPS) is 12.0. The van der Waals surface area contributed by atoms with Crippen LogP contribution in [0.25, 0.3) is 16.9 Å². The van der Waals surface area contributed by atoms with Crippen LogP contribution in [0.2, 0.25) is 5.15 Å². The molecule has 0 aliphatic carbocycles. The summed E-state index contributed by atoms with van der Waals surface area (Å²) < 4.78 is 26.4. The van der Waals surface area contributed by atoms with Gasteiger partial charge in [0.25, 0.3) is 5.95 Å². The molecule has 3 aromatic rings.